The molecule has 1 aromatic carbocycles. The lowest BCUT2D eigenvalue weighted by atomic mass is 9.95. The van der Waals surface area contributed by atoms with Crippen LogP contribution < -0.4 is 11.5 Å². The maximum Gasteiger partial charge on any atom is 0.120 e. The zero-order chi connectivity index (χ0) is 10.9. The van der Waals surface area contributed by atoms with Crippen LogP contribution in [-0.4, -0.2) is 5.11 Å². The SMILES string of the molecule is Cc1cc(O)c([C@@H](N)C(C)C)cc1N. The van der Waals surface area contributed by atoms with E-state index in [4.69, 9.17) is 11.5 Å². The zero-order valence-electron chi connectivity index (χ0n) is 8.91. The van der Waals surface area contributed by atoms with E-state index >= 15 is 0 Å². The topological polar surface area (TPSA) is 72.3 Å². The molecular weight excluding hydrogens is 176 g/mol. The second kappa shape index (κ2) is 3.88. The van der Waals surface area contributed by atoms with Gasteiger partial charge in [-0.05, 0) is 30.5 Å². The van der Waals surface area contributed by atoms with Crippen molar-refractivity contribution >= 4 is 5.69 Å². The largest absolute Gasteiger partial charge is 0.508 e. The summed E-state index contributed by atoms with van der Waals surface area (Å²) in [6.45, 7) is 5.89. The zero-order valence-corrected chi connectivity index (χ0v) is 8.91. The van der Waals surface area contributed by atoms with Gasteiger partial charge in [0, 0.05) is 17.3 Å². The molecule has 3 nitrogen and oxygen atoms in total. The maximum atomic E-state index is 9.70. The smallest absolute Gasteiger partial charge is 0.120 e. The molecular formula is C11H18N2O. The minimum atomic E-state index is -0.169. The van der Waals surface area contributed by atoms with Crippen molar-refractivity contribution in [3.05, 3.63) is 23.3 Å². The van der Waals surface area contributed by atoms with Crippen molar-refractivity contribution in [2.45, 2.75) is 26.8 Å². The van der Waals surface area contributed by atoms with E-state index in [1.165, 1.54) is 0 Å². The number of hydrogen-bond acceptors (Lipinski definition) is 3. The Kier molecular flexibility index (Phi) is 3.01. The fourth-order valence-electron chi connectivity index (χ4n) is 1.35. The van der Waals surface area contributed by atoms with Crippen LogP contribution in [0.1, 0.15) is 31.0 Å². The van der Waals surface area contributed by atoms with E-state index in [0.717, 1.165) is 11.1 Å². The van der Waals surface area contributed by atoms with E-state index in [1.807, 2.05) is 20.8 Å². The molecule has 0 aliphatic heterocycles. The molecule has 0 fully saturated rings. The first-order valence-electron chi connectivity index (χ1n) is 4.78. The number of aromatic hydroxyl groups is 1. The monoisotopic (exact) mass is 194 g/mol. The highest BCUT2D eigenvalue weighted by atomic mass is 16.3. The van der Waals surface area contributed by atoms with Gasteiger partial charge in [0.25, 0.3) is 0 Å². The lowest BCUT2D eigenvalue weighted by Gasteiger charge is -2.18. The van der Waals surface area contributed by atoms with E-state index < -0.39 is 0 Å². The molecule has 1 rings (SSSR count). The summed E-state index contributed by atoms with van der Waals surface area (Å²) in [5.74, 6) is 0.515. The van der Waals surface area contributed by atoms with E-state index in [0.29, 0.717) is 5.69 Å². The molecule has 0 aliphatic carbocycles. The highest BCUT2D eigenvalue weighted by Crippen LogP contribution is 2.31. The van der Waals surface area contributed by atoms with Gasteiger partial charge in [0.1, 0.15) is 5.75 Å². The summed E-state index contributed by atoms with van der Waals surface area (Å²) in [5.41, 5.74) is 14.0. The normalized spacial score (nSPS) is 13.2. The minimum Gasteiger partial charge on any atom is -0.508 e. The van der Waals surface area contributed by atoms with Crippen LogP contribution in [0.3, 0.4) is 0 Å². The Bertz CT molecular complexity index is 334. The number of phenols is 1. The van der Waals surface area contributed by atoms with E-state index in [1.54, 1.807) is 12.1 Å². The molecule has 0 amide bonds. The number of benzene rings is 1. The van der Waals surface area contributed by atoms with Crippen molar-refractivity contribution in [2.24, 2.45) is 11.7 Å². The van der Waals surface area contributed by atoms with Gasteiger partial charge >= 0.3 is 0 Å². The summed E-state index contributed by atoms with van der Waals surface area (Å²) in [4.78, 5) is 0. The number of nitrogens with two attached hydrogens (primary N) is 2. The van der Waals surface area contributed by atoms with Crippen LogP contribution in [0.4, 0.5) is 5.69 Å². The molecule has 14 heavy (non-hydrogen) atoms. The van der Waals surface area contributed by atoms with Gasteiger partial charge < -0.3 is 16.6 Å². The molecule has 0 aromatic heterocycles. The average molecular weight is 194 g/mol. The summed E-state index contributed by atoms with van der Waals surface area (Å²) in [5, 5.41) is 9.70. The highest BCUT2D eigenvalue weighted by Gasteiger charge is 2.15. The molecule has 5 N–H and O–H groups in total. The van der Waals surface area contributed by atoms with Crippen LogP contribution in [0.5, 0.6) is 5.75 Å². The second-order valence-electron chi connectivity index (χ2n) is 4.04. The molecule has 78 valence electrons. The molecule has 3 heteroatoms. The Balaban J connectivity index is 3.15. The maximum absolute atomic E-state index is 9.70. The van der Waals surface area contributed by atoms with Crippen molar-refractivity contribution < 1.29 is 5.11 Å². The van der Waals surface area contributed by atoms with Crippen LogP contribution in [0, 0.1) is 12.8 Å². The lowest BCUT2D eigenvalue weighted by Crippen LogP contribution is -2.17. The van der Waals surface area contributed by atoms with Crippen LogP contribution in [-0.2, 0) is 0 Å². The summed E-state index contributed by atoms with van der Waals surface area (Å²) in [6.07, 6.45) is 0. The first-order valence-corrected chi connectivity index (χ1v) is 4.78. The van der Waals surface area contributed by atoms with E-state index in [-0.39, 0.29) is 17.7 Å². The van der Waals surface area contributed by atoms with Crippen molar-refractivity contribution in [3.8, 4) is 5.75 Å². The van der Waals surface area contributed by atoms with Crippen LogP contribution in [0.15, 0.2) is 12.1 Å². The Morgan fingerprint density at radius 3 is 2.36 bits per heavy atom. The van der Waals surface area contributed by atoms with Crippen LogP contribution in [0.25, 0.3) is 0 Å². The average Bonchev–Trinajstić information content (AvgIpc) is 2.10. The Morgan fingerprint density at radius 1 is 1.29 bits per heavy atom. The molecule has 0 bridgehead atoms. The first-order chi connectivity index (χ1) is 6.43. The molecule has 0 spiro atoms. The van der Waals surface area contributed by atoms with Crippen molar-refractivity contribution in [2.75, 3.05) is 5.73 Å². The Hall–Kier alpha value is -1.22. The van der Waals surface area contributed by atoms with Gasteiger partial charge in [-0.3, -0.25) is 0 Å². The molecule has 0 unspecified atom stereocenters. The number of nitrogen functional groups attached to an aromatic ring is 1. The van der Waals surface area contributed by atoms with Crippen molar-refractivity contribution in [1.82, 2.24) is 0 Å². The first kappa shape index (κ1) is 10.9. The Labute approximate surface area is 84.7 Å². The van der Waals surface area contributed by atoms with E-state index in [9.17, 15) is 5.11 Å². The van der Waals surface area contributed by atoms with Gasteiger partial charge in [0.05, 0.1) is 0 Å². The third-order valence-corrected chi connectivity index (χ3v) is 2.49. The molecule has 0 saturated heterocycles. The van der Waals surface area contributed by atoms with Gasteiger partial charge in [0.2, 0.25) is 0 Å². The summed E-state index contributed by atoms with van der Waals surface area (Å²) in [7, 11) is 0. The fourth-order valence-corrected chi connectivity index (χ4v) is 1.35. The molecule has 1 atom stereocenters. The fraction of sp³-hybridized carbons (Fsp3) is 0.455. The second-order valence-corrected chi connectivity index (χ2v) is 4.04. The summed E-state index contributed by atoms with van der Waals surface area (Å²) in [6, 6.07) is 3.25. The number of anilines is 1. The molecule has 0 radical (unpaired) electrons. The standard InChI is InChI=1S/C11H18N2O/c1-6(2)11(13)8-5-9(12)7(3)4-10(8)14/h4-6,11,14H,12-13H2,1-3H3/t11-/m0/s1. The van der Waals surface area contributed by atoms with Gasteiger partial charge in [0.15, 0.2) is 0 Å². The van der Waals surface area contributed by atoms with Gasteiger partial charge in [-0.1, -0.05) is 13.8 Å². The Morgan fingerprint density at radius 2 is 1.86 bits per heavy atom. The van der Waals surface area contributed by atoms with Gasteiger partial charge in [-0.15, -0.1) is 0 Å². The van der Waals surface area contributed by atoms with Crippen LogP contribution >= 0.6 is 0 Å². The predicted molar refractivity (Wildman–Crippen MR) is 59.0 cm³/mol. The minimum absolute atomic E-state index is 0.169. The van der Waals surface area contributed by atoms with Gasteiger partial charge in [-0.25, -0.2) is 0 Å². The molecule has 0 heterocycles. The highest BCUT2D eigenvalue weighted by molar-refractivity contribution is 5.54. The third kappa shape index (κ3) is 1.99. The summed E-state index contributed by atoms with van der Waals surface area (Å²) >= 11 is 0. The van der Waals surface area contributed by atoms with Crippen molar-refractivity contribution in [3.63, 3.8) is 0 Å². The lowest BCUT2D eigenvalue weighted by molar-refractivity contribution is 0.440. The van der Waals surface area contributed by atoms with Gasteiger partial charge in [-0.2, -0.15) is 0 Å². The predicted octanol–water partition coefficient (Wildman–Crippen LogP) is 1.94. The number of hydrogen-bond donors (Lipinski definition) is 3. The molecule has 0 aliphatic rings. The molecule has 1 aromatic rings. The third-order valence-electron chi connectivity index (χ3n) is 2.49. The van der Waals surface area contributed by atoms with Crippen LogP contribution in [0.2, 0.25) is 0 Å². The quantitative estimate of drug-likeness (QED) is 0.497. The van der Waals surface area contributed by atoms with Crippen molar-refractivity contribution in [1.29, 1.82) is 0 Å². The molecule has 0 saturated carbocycles. The number of rotatable bonds is 2. The number of aryl methyl sites for hydroxylation is 1. The number of phenolic OH excluding ortho intramolecular Hbond substituents is 1. The van der Waals surface area contributed by atoms with E-state index in [2.05, 4.69) is 0 Å². The summed E-state index contributed by atoms with van der Waals surface area (Å²) < 4.78 is 0.